The lowest BCUT2D eigenvalue weighted by Gasteiger charge is -2.63. The second-order valence-corrected chi connectivity index (χ2v) is 12.8. The fourth-order valence-corrected chi connectivity index (χ4v) is 9.14. The molecule has 0 aromatic heterocycles. The van der Waals surface area contributed by atoms with Gasteiger partial charge in [0.1, 0.15) is 0 Å². The van der Waals surface area contributed by atoms with Gasteiger partial charge in [0.15, 0.2) is 0 Å². The van der Waals surface area contributed by atoms with Gasteiger partial charge in [-0.25, -0.2) is 0 Å². The molecular weight excluding hydrogens is 404 g/mol. The highest BCUT2D eigenvalue weighted by Crippen LogP contribution is 2.68. The minimum absolute atomic E-state index is 0.0923. The van der Waals surface area contributed by atoms with Crippen molar-refractivity contribution in [1.29, 1.82) is 0 Å². The number of hydrogen-bond acceptors (Lipinski definition) is 5. The van der Waals surface area contributed by atoms with Crippen LogP contribution in [0.5, 0.6) is 0 Å². The quantitative estimate of drug-likeness (QED) is 0.425. The van der Waals surface area contributed by atoms with Crippen LogP contribution in [0.4, 0.5) is 0 Å². The Morgan fingerprint density at radius 2 is 1.62 bits per heavy atom. The van der Waals surface area contributed by atoms with Crippen molar-refractivity contribution in [2.45, 2.75) is 110 Å². The first kappa shape index (κ1) is 24.9. The van der Waals surface area contributed by atoms with E-state index in [0.29, 0.717) is 18.3 Å². The maximum Gasteiger partial charge on any atom is 0.0602 e. The zero-order valence-electron chi connectivity index (χ0n) is 20.7. The van der Waals surface area contributed by atoms with Crippen LogP contribution in [-0.4, -0.2) is 56.6 Å². The summed E-state index contributed by atoms with van der Waals surface area (Å²) in [6.45, 7) is 8.91. The first-order chi connectivity index (χ1) is 15.0. The van der Waals surface area contributed by atoms with Crippen molar-refractivity contribution in [2.75, 3.05) is 6.61 Å². The van der Waals surface area contributed by atoms with E-state index < -0.39 is 12.2 Å². The third-order valence-electron chi connectivity index (χ3n) is 11.3. The molecule has 4 aliphatic rings. The van der Waals surface area contributed by atoms with E-state index in [1.54, 1.807) is 0 Å². The van der Waals surface area contributed by atoms with Crippen LogP contribution in [0.25, 0.3) is 0 Å². The van der Waals surface area contributed by atoms with E-state index in [2.05, 4.69) is 20.8 Å². The molecule has 0 radical (unpaired) electrons. The summed E-state index contributed by atoms with van der Waals surface area (Å²) in [5.41, 5.74) is -0.183. The lowest BCUT2D eigenvalue weighted by atomic mass is 9.43. The molecule has 0 aromatic rings. The Bertz CT molecular complexity index is 656. The Labute approximate surface area is 194 Å². The molecular formula is C27H48O5. The SMILES string of the molecule is CC(CO)CCC(O)[C@@H](C)[C@H]1CC[C@H]2[C@@H]3[C@H](O)C[C@@H]4C[C@H](O)CC[C@]4(C)[C@H]3C[C@H](O)[C@]12C. The summed E-state index contributed by atoms with van der Waals surface area (Å²) in [5.74, 6) is 1.68. The maximum atomic E-state index is 11.6. The predicted octanol–water partition coefficient (Wildman–Crippen LogP) is 3.35. The largest absolute Gasteiger partial charge is 0.396 e. The highest BCUT2D eigenvalue weighted by molar-refractivity contribution is 5.14. The highest BCUT2D eigenvalue weighted by Gasteiger charge is 2.66. The third kappa shape index (κ3) is 3.88. The number of aliphatic hydroxyl groups excluding tert-OH is 5. The van der Waals surface area contributed by atoms with Crippen LogP contribution in [0.1, 0.15) is 85.5 Å². The second-order valence-electron chi connectivity index (χ2n) is 12.8. The molecule has 4 rings (SSSR count). The Balaban J connectivity index is 1.55. The van der Waals surface area contributed by atoms with Crippen LogP contribution in [0.2, 0.25) is 0 Å². The van der Waals surface area contributed by atoms with Crippen LogP contribution in [0.3, 0.4) is 0 Å². The monoisotopic (exact) mass is 452 g/mol. The van der Waals surface area contributed by atoms with Gasteiger partial charge in [0.25, 0.3) is 0 Å². The van der Waals surface area contributed by atoms with Gasteiger partial charge in [-0.15, -0.1) is 0 Å². The average molecular weight is 453 g/mol. The Kier molecular flexibility index (Phi) is 7.09. The van der Waals surface area contributed by atoms with Gasteiger partial charge in [-0.3, -0.25) is 0 Å². The van der Waals surface area contributed by atoms with E-state index in [0.717, 1.165) is 51.4 Å². The number of rotatable bonds is 6. The molecule has 0 spiro atoms. The normalized spacial score (nSPS) is 51.3. The molecule has 2 unspecified atom stereocenters. The molecule has 0 aliphatic heterocycles. The zero-order chi connectivity index (χ0) is 23.4. The summed E-state index contributed by atoms with van der Waals surface area (Å²) in [7, 11) is 0. The minimum atomic E-state index is -0.424. The van der Waals surface area contributed by atoms with Crippen molar-refractivity contribution in [1.82, 2.24) is 0 Å². The maximum absolute atomic E-state index is 11.6. The van der Waals surface area contributed by atoms with E-state index in [4.69, 9.17) is 0 Å². The molecule has 4 aliphatic carbocycles. The van der Waals surface area contributed by atoms with E-state index >= 15 is 0 Å². The van der Waals surface area contributed by atoms with Crippen LogP contribution in [0, 0.1) is 52.3 Å². The molecule has 0 amide bonds. The lowest BCUT2D eigenvalue weighted by Crippen LogP contribution is -2.62. The summed E-state index contributed by atoms with van der Waals surface area (Å²) in [6.07, 6.45) is 6.20. The Morgan fingerprint density at radius 1 is 0.906 bits per heavy atom. The van der Waals surface area contributed by atoms with Crippen molar-refractivity contribution < 1.29 is 25.5 Å². The molecule has 0 aromatic carbocycles. The number of fused-ring (bicyclic) bond motifs is 5. The standard InChI is InChI=1S/C27H48O5/c1-15(14-28)5-8-22(30)16(2)19-6-7-20-25-21(13-24(32)27(19,20)4)26(3)10-9-18(29)11-17(26)12-23(25)31/h15-25,28-32H,5-14H2,1-4H3/t15?,16-,17-,18+,19+,20-,21-,22?,23+,24-,25-,26-,27+/m0/s1. The van der Waals surface area contributed by atoms with E-state index in [9.17, 15) is 25.5 Å². The fraction of sp³-hybridized carbons (Fsp3) is 1.00. The average Bonchev–Trinajstić information content (AvgIpc) is 3.11. The van der Waals surface area contributed by atoms with E-state index in [1.165, 1.54) is 0 Å². The van der Waals surface area contributed by atoms with Gasteiger partial charge in [0.2, 0.25) is 0 Å². The molecule has 0 heterocycles. The highest BCUT2D eigenvalue weighted by atomic mass is 16.3. The molecule has 0 bridgehead atoms. The van der Waals surface area contributed by atoms with Crippen molar-refractivity contribution in [3.63, 3.8) is 0 Å². The van der Waals surface area contributed by atoms with Crippen LogP contribution < -0.4 is 0 Å². The van der Waals surface area contributed by atoms with Crippen LogP contribution in [-0.2, 0) is 0 Å². The van der Waals surface area contributed by atoms with Crippen molar-refractivity contribution in [3.05, 3.63) is 0 Å². The van der Waals surface area contributed by atoms with Gasteiger partial charge < -0.3 is 25.5 Å². The van der Waals surface area contributed by atoms with Gasteiger partial charge >= 0.3 is 0 Å². The Morgan fingerprint density at radius 3 is 2.31 bits per heavy atom. The molecule has 5 N–H and O–H groups in total. The molecule has 186 valence electrons. The van der Waals surface area contributed by atoms with Gasteiger partial charge in [0.05, 0.1) is 24.4 Å². The van der Waals surface area contributed by atoms with E-state index in [-0.39, 0.29) is 59.2 Å². The van der Waals surface area contributed by atoms with Gasteiger partial charge in [-0.2, -0.15) is 0 Å². The molecule has 5 nitrogen and oxygen atoms in total. The summed E-state index contributed by atoms with van der Waals surface area (Å²) in [4.78, 5) is 0. The molecule has 5 heteroatoms. The zero-order valence-corrected chi connectivity index (χ0v) is 20.7. The minimum Gasteiger partial charge on any atom is -0.396 e. The third-order valence-corrected chi connectivity index (χ3v) is 11.3. The van der Waals surface area contributed by atoms with Gasteiger partial charge in [-0.05, 0) is 110 Å². The predicted molar refractivity (Wildman–Crippen MR) is 125 cm³/mol. The molecule has 4 saturated carbocycles. The second kappa shape index (κ2) is 9.11. The molecule has 4 fully saturated rings. The molecule has 13 atom stereocenters. The first-order valence-corrected chi connectivity index (χ1v) is 13.4. The van der Waals surface area contributed by atoms with Crippen LogP contribution >= 0.6 is 0 Å². The van der Waals surface area contributed by atoms with Crippen molar-refractivity contribution >= 4 is 0 Å². The number of hydrogen-bond donors (Lipinski definition) is 5. The van der Waals surface area contributed by atoms with Crippen molar-refractivity contribution in [2.24, 2.45) is 52.3 Å². The summed E-state index contributed by atoms with van der Waals surface area (Å²) >= 11 is 0. The number of aliphatic hydroxyl groups is 5. The van der Waals surface area contributed by atoms with Gasteiger partial charge in [-0.1, -0.05) is 27.7 Å². The van der Waals surface area contributed by atoms with E-state index in [1.807, 2.05) is 6.92 Å². The van der Waals surface area contributed by atoms with Crippen LogP contribution in [0.15, 0.2) is 0 Å². The summed E-state index contributed by atoms with van der Waals surface area (Å²) in [6, 6.07) is 0. The van der Waals surface area contributed by atoms with Crippen molar-refractivity contribution in [3.8, 4) is 0 Å². The smallest absolute Gasteiger partial charge is 0.0602 e. The van der Waals surface area contributed by atoms with Gasteiger partial charge in [0, 0.05) is 6.61 Å². The topological polar surface area (TPSA) is 101 Å². The Hall–Kier alpha value is -0.200. The fourth-order valence-electron chi connectivity index (χ4n) is 9.14. The lowest BCUT2D eigenvalue weighted by molar-refractivity contribution is -0.208. The first-order valence-electron chi connectivity index (χ1n) is 13.4. The molecule has 32 heavy (non-hydrogen) atoms. The summed E-state index contributed by atoms with van der Waals surface area (Å²) < 4.78 is 0. The molecule has 0 saturated heterocycles. The summed E-state index contributed by atoms with van der Waals surface area (Å²) in [5, 5.41) is 53.6.